The molecule has 0 radical (unpaired) electrons. The molecule has 0 atom stereocenters. The number of aryl methyl sites for hydroxylation is 1. The zero-order valence-corrected chi connectivity index (χ0v) is 12.0. The van der Waals surface area contributed by atoms with E-state index in [2.05, 4.69) is 6.92 Å². The van der Waals surface area contributed by atoms with E-state index in [0.717, 1.165) is 19.3 Å². The third-order valence-corrected chi connectivity index (χ3v) is 3.23. The first-order chi connectivity index (χ1) is 10.1. The number of rotatable bonds is 6. The van der Waals surface area contributed by atoms with Gasteiger partial charge >= 0.3 is 5.97 Å². The number of nitrogens with two attached hydrogens (primary N) is 1. The van der Waals surface area contributed by atoms with Crippen molar-refractivity contribution in [1.82, 2.24) is 0 Å². The quantitative estimate of drug-likeness (QED) is 0.784. The second kappa shape index (κ2) is 6.79. The van der Waals surface area contributed by atoms with Crippen LogP contribution in [0.4, 0.5) is 5.69 Å². The Balaban J connectivity index is 2.14. The van der Waals surface area contributed by atoms with Gasteiger partial charge in [-0.3, -0.25) is 0 Å². The molecule has 0 saturated carbocycles. The Morgan fingerprint density at radius 2 is 1.90 bits per heavy atom. The van der Waals surface area contributed by atoms with Crippen molar-refractivity contribution in [3.63, 3.8) is 0 Å². The second-order valence-electron chi connectivity index (χ2n) is 4.91. The highest BCUT2D eigenvalue weighted by Crippen LogP contribution is 2.28. The summed E-state index contributed by atoms with van der Waals surface area (Å²) in [5.41, 5.74) is 7.64. The fraction of sp³-hybridized carbons (Fsp3) is 0.235. The van der Waals surface area contributed by atoms with Crippen LogP contribution in [0.25, 0.3) is 0 Å². The fourth-order valence-electron chi connectivity index (χ4n) is 1.99. The van der Waals surface area contributed by atoms with Gasteiger partial charge in [-0.25, -0.2) is 4.79 Å². The molecule has 4 heteroatoms. The summed E-state index contributed by atoms with van der Waals surface area (Å²) in [6, 6.07) is 12.2. The van der Waals surface area contributed by atoms with Gasteiger partial charge in [-0.05, 0) is 48.7 Å². The zero-order valence-electron chi connectivity index (χ0n) is 12.0. The smallest absolute Gasteiger partial charge is 0.335 e. The molecule has 0 aromatic heterocycles. The predicted molar refractivity (Wildman–Crippen MR) is 82.9 cm³/mol. The number of benzene rings is 2. The number of ether oxygens (including phenoxy) is 1. The Labute approximate surface area is 124 Å². The molecule has 2 aromatic rings. The van der Waals surface area contributed by atoms with Gasteiger partial charge in [0.15, 0.2) is 5.75 Å². The van der Waals surface area contributed by atoms with Crippen molar-refractivity contribution in [2.75, 3.05) is 5.73 Å². The van der Waals surface area contributed by atoms with Crippen molar-refractivity contribution < 1.29 is 14.6 Å². The predicted octanol–water partition coefficient (Wildman–Crippen LogP) is 4.10. The number of carboxylic acid groups (broad SMARTS) is 1. The molecule has 0 aliphatic carbocycles. The molecule has 110 valence electrons. The van der Waals surface area contributed by atoms with Gasteiger partial charge in [-0.1, -0.05) is 25.5 Å². The number of aromatic carboxylic acids is 1. The summed E-state index contributed by atoms with van der Waals surface area (Å²) in [4.78, 5) is 11.0. The summed E-state index contributed by atoms with van der Waals surface area (Å²) < 4.78 is 5.67. The molecule has 0 aliphatic heterocycles. The number of hydrogen-bond donors (Lipinski definition) is 2. The maximum absolute atomic E-state index is 11.0. The average Bonchev–Trinajstić information content (AvgIpc) is 2.48. The van der Waals surface area contributed by atoms with Crippen molar-refractivity contribution in [3.05, 3.63) is 53.6 Å². The molecule has 2 rings (SSSR count). The van der Waals surface area contributed by atoms with E-state index in [-0.39, 0.29) is 5.56 Å². The normalized spacial score (nSPS) is 10.3. The van der Waals surface area contributed by atoms with E-state index in [1.54, 1.807) is 0 Å². The lowest BCUT2D eigenvalue weighted by Gasteiger charge is -2.10. The highest BCUT2D eigenvalue weighted by molar-refractivity contribution is 5.89. The second-order valence-corrected chi connectivity index (χ2v) is 4.91. The van der Waals surface area contributed by atoms with E-state index < -0.39 is 5.97 Å². The monoisotopic (exact) mass is 285 g/mol. The Morgan fingerprint density at radius 1 is 1.19 bits per heavy atom. The van der Waals surface area contributed by atoms with Gasteiger partial charge in [0.05, 0.1) is 11.3 Å². The van der Waals surface area contributed by atoms with Crippen LogP contribution in [0.3, 0.4) is 0 Å². The van der Waals surface area contributed by atoms with Crippen molar-refractivity contribution in [3.8, 4) is 11.5 Å². The molecule has 0 aliphatic rings. The standard InChI is InChI=1S/C17H19NO3/c1-2-3-4-12-5-8-14(9-6-12)21-16-11-13(17(19)20)7-10-15(16)18/h5-11H,2-4,18H2,1H3,(H,19,20). The fourth-order valence-corrected chi connectivity index (χ4v) is 1.99. The topological polar surface area (TPSA) is 72.5 Å². The minimum atomic E-state index is -1.00. The zero-order chi connectivity index (χ0) is 15.2. The van der Waals surface area contributed by atoms with Gasteiger partial charge in [0, 0.05) is 0 Å². The van der Waals surface area contributed by atoms with E-state index >= 15 is 0 Å². The molecule has 4 nitrogen and oxygen atoms in total. The maximum atomic E-state index is 11.0. The van der Waals surface area contributed by atoms with Gasteiger partial charge in [0.1, 0.15) is 5.75 Å². The number of carbonyl (C=O) groups is 1. The summed E-state index contributed by atoms with van der Waals surface area (Å²) in [5, 5.41) is 8.99. The molecule has 0 bridgehead atoms. The van der Waals surface area contributed by atoms with E-state index in [9.17, 15) is 4.79 Å². The molecule has 0 amide bonds. The molecule has 0 spiro atoms. The molecule has 0 unspecified atom stereocenters. The maximum Gasteiger partial charge on any atom is 0.335 e. The molecule has 21 heavy (non-hydrogen) atoms. The van der Waals surface area contributed by atoms with Crippen LogP contribution in [0, 0.1) is 0 Å². The molecule has 0 fully saturated rings. The van der Waals surface area contributed by atoms with E-state index in [1.165, 1.54) is 23.8 Å². The number of nitrogen functional groups attached to an aromatic ring is 1. The van der Waals surface area contributed by atoms with Crippen LogP contribution in [0.1, 0.15) is 35.7 Å². The van der Waals surface area contributed by atoms with Crippen LogP contribution in [0.5, 0.6) is 11.5 Å². The summed E-state index contributed by atoms with van der Waals surface area (Å²) in [5.74, 6) is -0.00420. The average molecular weight is 285 g/mol. The van der Waals surface area contributed by atoms with Gasteiger partial charge in [0.2, 0.25) is 0 Å². The van der Waals surface area contributed by atoms with Gasteiger partial charge < -0.3 is 15.6 Å². The lowest BCUT2D eigenvalue weighted by atomic mass is 10.1. The van der Waals surface area contributed by atoms with Crippen LogP contribution in [0.15, 0.2) is 42.5 Å². The SMILES string of the molecule is CCCCc1ccc(Oc2cc(C(=O)O)ccc2N)cc1. The molecule has 3 N–H and O–H groups in total. The van der Waals surface area contributed by atoms with Crippen LogP contribution < -0.4 is 10.5 Å². The number of carboxylic acids is 1. The minimum Gasteiger partial charge on any atom is -0.478 e. The summed E-state index contributed by atoms with van der Waals surface area (Å²) >= 11 is 0. The van der Waals surface area contributed by atoms with Crippen molar-refractivity contribution in [2.24, 2.45) is 0 Å². The van der Waals surface area contributed by atoms with Crippen LogP contribution in [0.2, 0.25) is 0 Å². The molecule has 2 aromatic carbocycles. The van der Waals surface area contributed by atoms with Crippen molar-refractivity contribution in [1.29, 1.82) is 0 Å². The van der Waals surface area contributed by atoms with Gasteiger partial charge in [-0.15, -0.1) is 0 Å². The van der Waals surface area contributed by atoms with Crippen molar-refractivity contribution >= 4 is 11.7 Å². The molecular formula is C17H19NO3. The number of hydrogen-bond acceptors (Lipinski definition) is 3. The Hall–Kier alpha value is -2.49. The summed E-state index contributed by atoms with van der Waals surface area (Å²) in [6.07, 6.45) is 3.37. The highest BCUT2D eigenvalue weighted by atomic mass is 16.5. The minimum absolute atomic E-state index is 0.152. The van der Waals surface area contributed by atoms with Gasteiger partial charge in [-0.2, -0.15) is 0 Å². The largest absolute Gasteiger partial charge is 0.478 e. The lowest BCUT2D eigenvalue weighted by Crippen LogP contribution is -1.99. The number of anilines is 1. The highest BCUT2D eigenvalue weighted by Gasteiger charge is 2.08. The Morgan fingerprint density at radius 3 is 2.52 bits per heavy atom. The Kier molecular flexibility index (Phi) is 4.82. The van der Waals surface area contributed by atoms with Crippen LogP contribution in [-0.2, 0) is 6.42 Å². The third kappa shape index (κ3) is 3.99. The summed E-state index contributed by atoms with van der Waals surface area (Å²) in [7, 11) is 0. The number of unbranched alkanes of at least 4 members (excludes halogenated alkanes) is 1. The van der Waals surface area contributed by atoms with E-state index in [1.807, 2.05) is 24.3 Å². The first kappa shape index (κ1) is 14.9. The first-order valence-corrected chi connectivity index (χ1v) is 6.99. The van der Waals surface area contributed by atoms with E-state index in [4.69, 9.17) is 15.6 Å². The summed E-state index contributed by atoms with van der Waals surface area (Å²) in [6.45, 7) is 2.16. The van der Waals surface area contributed by atoms with E-state index in [0.29, 0.717) is 17.2 Å². The molecular weight excluding hydrogens is 266 g/mol. The first-order valence-electron chi connectivity index (χ1n) is 6.99. The third-order valence-electron chi connectivity index (χ3n) is 3.23. The van der Waals surface area contributed by atoms with Crippen molar-refractivity contribution in [2.45, 2.75) is 26.2 Å². The molecule has 0 saturated heterocycles. The molecule has 0 heterocycles. The van der Waals surface area contributed by atoms with Gasteiger partial charge in [0.25, 0.3) is 0 Å². The lowest BCUT2D eigenvalue weighted by molar-refractivity contribution is 0.0696. The van der Waals surface area contributed by atoms with Crippen LogP contribution >= 0.6 is 0 Å². The van der Waals surface area contributed by atoms with Crippen LogP contribution in [-0.4, -0.2) is 11.1 Å². The Bertz CT molecular complexity index is 620.